The zero-order valence-electron chi connectivity index (χ0n) is 13.9. The molecule has 0 spiro atoms. The van der Waals surface area contributed by atoms with E-state index in [4.69, 9.17) is 34.8 Å². The minimum Gasteiger partial charge on any atom is -0.325 e. The van der Waals surface area contributed by atoms with Gasteiger partial charge in [-0.1, -0.05) is 46.6 Å². The van der Waals surface area contributed by atoms with E-state index in [0.717, 1.165) is 29.2 Å². The fourth-order valence-electron chi connectivity index (χ4n) is 2.13. The number of rotatable bonds is 6. The molecule has 29 heavy (non-hydrogen) atoms. The topological polar surface area (TPSA) is 131 Å². The van der Waals surface area contributed by atoms with Crippen molar-refractivity contribution in [2.45, 2.75) is 5.16 Å². The molecule has 0 unspecified atom stereocenters. The highest BCUT2D eigenvalue weighted by Crippen LogP contribution is 2.36. The summed E-state index contributed by atoms with van der Waals surface area (Å²) in [6.07, 6.45) is 0. The first-order valence-electron chi connectivity index (χ1n) is 7.53. The quantitative estimate of drug-likeness (QED) is 0.294. The minimum absolute atomic E-state index is 0.0143. The van der Waals surface area contributed by atoms with Gasteiger partial charge in [0, 0.05) is 17.3 Å². The molecule has 1 aromatic carbocycles. The molecule has 0 saturated carbocycles. The summed E-state index contributed by atoms with van der Waals surface area (Å²) in [5.74, 6) is -0.586. The number of anilines is 1. The molecule has 0 aliphatic carbocycles. The average Bonchev–Trinajstić information content (AvgIpc) is 2.99. The van der Waals surface area contributed by atoms with Crippen molar-refractivity contribution in [3.63, 3.8) is 0 Å². The number of benzene rings is 1. The van der Waals surface area contributed by atoms with E-state index in [-0.39, 0.29) is 33.0 Å². The molecular weight excluding hydrogens is 485 g/mol. The number of halogens is 3. The normalized spacial score (nSPS) is 10.7. The third-order valence-corrected chi connectivity index (χ3v) is 6.03. The summed E-state index contributed by atoms with van der Waals surface area (Å²) in [4.78, 5) is 37.0. The van der Waals surface area contributed by atoms with Gasteiger partial charge in [-0.15, -0.1) is 21.5 Å². The van der Waals surface area contributed by atoms with E-state index in [0.29, 0.717) is 14.2 Å². The molecule has 2 N–H and O–H groups in total. The van der Waals surface area contributed by atoms with Crippen LogP contribution >= 0.6 is 57.9 Å². The van der Waals surface area contributed by atoms with E-state index in [9.17, 15) is 19.7 Å². The standard InChI is InChI=1S/C15H8Cl3N5O4S2/c16-8-2-1-6(3-9(8)23(26)27)19-11(24)5-28-15-20-14(25)12(21-22-15)7-4-10(17)29-13(7)18/h1-4H,5H2,(H,19,24)(H,20,22,25). The van der Waals surface area contributed by atoms with Gasteiger partial charge in [-0.25, -0.2) is 0 Å². The van der Waals surface area contributed by atoms with Crippen molar-refractivity contribution in [2.24, 2.45) is 0 Å². The van der Waals surface area contributed by atoms with Crippen molar-refractivity contribution in [3.05, 3.63) is 58.4 Å². The average molecular weight is 493 g/mol. The molecule has 0 bridgehead atoms. The molecule has 0 fully saturated rings. The van der Waals surface area contributed by atoms with Crippen LogP contribution in [0.15, 0.2) is 34.2 Å². The highest BCUT2D eigenvalue weighted by atomic mass is 35.5. The van der Waals surface area contributed by atoms with Crippen LogP contribution in [0, 0.1) is 10.1 Å². The number of carbonyl (C=O) groups excluding carboxylic acids is 1. The highest BCUT2D eigenvalue weighted by molar-refractivity contribution is 7.99. The molecule has 2 aromatic heterocycles. The second-order valence-electron chi connectivity index (χ2n) is 5.31. The number of nitrogens with zero attached hydrogens (tertiary/aromatic N) is 3. The number of hydrogen-bond acceptors (Lipinski definition) is 8. The molecule has 14 heteroatoms. The summed E-state index contributed by atoms with van der Waals surface area (Å²) >= 11 is 19.6. The summed E-state index contributed by atoms with van der Waals surface area (Å²) in [6, 6.07) is 5.41. The molecule has 9 nitrogen and oxygen atoms in total. The summed E-state index contributed by atoms with van der Waals surface area (Å²) < 4.78 is 0.718. The smallest absolute Gasteiger partial charge is 0.289 e. The largest absolute Gasteiger partial charge is 0.325 e. The van der Waals surface area contributed by atoms with Crippen LogP contribution in [0.3, 0.4) is 0 Å². The number of nitro benzene ring substituents is 1. The summed E-state index contributed by atoms with van der Waals surface area (Å²) in [5, 5.41) is 21.2. The van der Waals surface area contributed by atoms with Gasteiger partial charge in [-0.2, -0.15) is 0 Å². The van der Waals surface area contributed by atoms with E-state index in [2.05, 4.69) is 20.5 Å². The molecule has 1 amide bonds. The van der Waals surface area contributed by atoms with Gasteiger partial charge in [0.1, 0.15) is 9.36 Å². The highest BCUT2D eigenvalue weighted by Gasteiger charge is 2.16. The Labute approximate surface area is 185 Å². The van der Waals surface area contributed by atoms with Gasteiger partial charge in [0.25, 0.3) is 11.2 Å². The fourth-order valence-corrected chi connectivity index (χ4v) is 4.38. The van der Waals surface area contributed by atoms with Gasteiger partial charge in [0.15, 0.2) is 10.9 Å². The first-order valence-corrected chi connectivity index (χ1v) is 10.5. The molecule has 150 valence electrons. The molecule has 0 saturated heterocycles. The first-order chi connectivity index (χ1) is 13.7. The maximum atomic E-state index is 12.2. The van der Waals surface area contributed by atoms with Crippen LogP contribution in [0.2, 0.25) is 13.7 Å². The lowest BCUT2D eigenvalue weighted by Gasteiger charge is -2.05. The summed E-state index contributed by atoms with van der Waals surface area (Å²) in [5.41, 5.74) is -0.261. The van der Waals surface area contributed by atoms with E-state index in [1.165, 1.54) is 18.2 Å². The molecule has 3 rings (SSSR count). The molecular formula is C15H8Cl3N5O4S2. The fraction of sp³-hybridized carbons (Fsp3) is 0.0667. The Morgan fingerprint density at radius 2 is 2.03 bits per heavy atom. The van der Waals surface area contributed by atoms with Crippen molar-refractivity contribution >= 4 is 75.2 Å². The predicted molar refractivity (Wildman–Crippen MR) is 113 cm³/mol. The van der Waals surface area contributed by atoms with Gasteiger partial charge in [-0.05, 0) is 18.2 Å². The van der Waals surface area contributed by atoms with Crippen LogP contribution in [-0.4, -0.2) is 31.8 Å². The van der Waals surface area contributed by atoms with Gasteiger partial charge >= 0.3 is 0 Å². The Morgan fingerprint density at radius 3 is 2.66 bits per heavy atom. The maximum absolute atomic E-state index is 12.2. The molecule has 0 radical (unpaired) electrons. The third-order valence-electron chi connectivity index (χ3n) is 3.35. The Bertz CT molecular complexity index is 1170. The van der Waals surface area contributed by atoms with Crippen molar-refractivity contribution in [2.75, 3.05) is 11.1 Å². The van der Waals surface area contributed by atoms with Crippen molar-refractivity contribution in [3.8, 4) is 11.3 Å². The number of amides is 1. The number of thiophene rings is 1. The number of aromatic nitrogens is 3. The van der Waals surface area contributed by atoms with Crippen molar-refractivity contribution < 1.29 is 9.72 Å². The van der Waals surface area contributed by atoms with E-state index in [1.54, 1.807) is 0 Å². The number of nitro groups is 1. The minimum atomic E-state index is -0.651. The van der Waals surface area contributed by atoms with Gasteiger partial charge < -0.3 is 5.32 Å². The molecule has 0 aliphatic heterocycles. The maximum Gasteiger partial charge on any atom is 0.289 e. The number of hydrogen-bond donors (Lipinski definition) is 2. The Hall–Kier alpha value is -2.18. The first kappa shape index (κ1) is 21.5. The number of carbonyl (C=O) groups is 1. The second-order valence-corrected chi connectivity index (χ2v) is 8.96. The number of thioether (sulfide) groups is 1. The van der Waals surface area contributed by atoms with Gasteiger partial charge in [0.05, 0.1) is 15.0 Å². The summed E-state index contributed by atoms with van der Waals surface area (Å²) in [7, 11) is 0. The second kappa shape index (κ2) is 9.09. The zero-order valence-corrected chi connectivity index (χ0v) is 17.8. The lowest BCUT2D eigenvalue weighted by Crippen LogP contribution is -2.17. The monoisotopic (exact) mass is 491 g/mol. The van der Waals surface area contributed by atoms with Crippen LogP contribution in [0.5, 0.6) is 0 Å². The van der Waals surface area contributed by atoms with E-state index < -0.39 is 16.4 Å². The number of aromatic amines is 1. The van der Waals surface area contributed by atoms with Crippen molar-refractivity contribution in [1.82, 2.24) is 15.2 Å². The third kappa shape index (κ3) is 5.25. The van der Waals surface area contributed by atoms with Gasteiger partial charge in [-0.3, -0.25) is 24.7 Å². The number of nitrogens with one attached hydrogen (secondary N) is 2. The zero-order chi connectivity index (χ0) is 21.1. The van der Waals surface area contributed by atoms with Crippen molar-refractivity contribution in [1.29, 1.82) is 0 Å². The molecule has 3 aromatic rings. The Balaban J connectivity index is 1.66. The molecule has 0 aliphatic rings. The van der Waals surface area contributed by atoms with Crippen LogP contribution in [-0.2, 0) is 4.79 Å². The Kier molecular flexibility index (Phi) is 6.75. The predicted octanol–water partition coefficient (Wildman–Crippen LogP) is 4.49. The lowest BCUT2D eigenvalue weighted by molar-refractivity contribution is -0.384. The Morgan fingerprint density at radius 1 is 1.28 bits per heavy atom. The van der Waals surface area contributed by atoms with Crippen LogP contribution in [0.1, 0.15) is 0 Å². The molecule has 2 heterocycles. The van der Waals surface area contributed by atoms with Gasteiger partial charge in [0.2, 0.25) is 5.91 Å². The van der Waals surface area contributed by atoms with E-state index in [1.807, 2.05) is 0 Å². The van der Waals surface area contributed by atoms with Crippen LogP contribution in [0.4, 0.5) is 11.4 Å². The lowest BCUT2D eigenvalue weighted by atomic mass is 10.2. The SMILES string of the molecule is O=C(CSc1nnc(-c2cc(Cl)sc2Cl)c(=O)[nH]1)Nc1ccc(Cl)c([N+](=O)[O-])c1. The number of H-pyrrole nitrogens is 1. The van der Waals surface area contributed by atoms with E-state index >= 15 is 0 Å². The van der Waals surface area contributed by atoms with Crippen LogP contribution in [0.25, 0.3) is 11.3 Å². The van der Waals surface area contributed by atoms with Crippen LogP contribution < -0.4 is 10.9 Å². The summed E-state index contributed by atoms with van der Waals surface area (Å²) in [6.45, 7) is 0. The molecule has 0 atom stereocenters.